The Kier molecular flexibility index (Phi) is 10.4. The van der Waals surface area contributed by atoms with E-state index in [2.05, 4.69) is 103 Å². The SMILES string of the molecule is CCN(CCc1ccc(OC)c(/C=C/c2ccc(-c3ccc(/C=C/c4ccccc4OC)cc3)cc2)c1)c1ccc2c(C)cc(=O)oc2c1. The highest BCUT2D eigenvalue weighted by molar-refractivity contribution is 5.83. The van der Waals surface area contributed by atoms with Gasteiger partial charge in [0.15, 0.2) is 0 Å². The van der Waals surface area contributed by atoms with Crippen LogP contribution < -0.4 is 20.0 Å². The Bertz CT molecular complexity index is 2160. The van der Waals surface area contributed by atoms with Crippen molar-refractivity contribution in [3.8, 4) is 22.6 Å². The zero-order chi connectivity index (χ0) is 34.2. The first-order valence-electron chi connectivity index (χ1n) is 16.6. The second kappa shape index (κ2) is 15.4. The molecular formula is C44H41NO4. The lowest BCUT2D eigenvalue weighted by Crippen LogP contribution is -2.25. The molecule has 5 aromatic carbocycles. The summed E-state index contributed by atoms with van der Waals surface area (Å²) in [4.78, 5) is 14.2. The standard InChI is InChI=1S/C44H41NO4/c1-5-45(39-23-24-40-31(2)28-44(46)49-43(40)30-39)27-26-34-16-25-42(48-4)38(29-34)22-15-33-12-19-36(20-13-33)35-17-10-32(11-18-35)14-21-37-8-6-7-9-41(37)47-3/h6-25,28-30H,5,26-27H2,1-4H3/b21-14+,22-15+. The molecule has 0 spiro atoms. The topological polar surface area (TPSA) is 51.9 Å². The number of rotatable bonds is 12. The molecule has 0 bridgehead atoms. The van der Waals surface area contributed by atoms with E-state index < -0.39 is 0 Å². The molecule has 1 aromatic heterocycles. The van der Waals surface area contributed by atoms with Crippen molar-refractivity contribution < 1.29 is 13.9 Å². The fraction of sp³-hybridized carbons (Fsp3) is 0.159. The Morgan fingerprint density at radius 3 is 1.96 bits per heavy atom. The highest BCUT2D eigenvalue weighted by Crippen LogP contribution is 2.27. The molecule has 6 rings (SSSR count). The van der Waals surface area contributed by atoms with E-state index in [1.54, 1.807) is 14.2 Å². The molecule has 0 radical (unpaired) electrons. The van der Waals surface area contributed by atoms with Crippen molar-refractivity contribution in [1.29, 1.82) is 0 Å². The van der Waals surface area contributed by atoms with Crippen molar-refractivity contribution in [2.45, 2.75) is 20.3 Å². The molecule has 5 heteroatoms. The van der Waals surface area contributed by atoms with Gasteiger partial charge in [-0.05, 0) is 84.0 Å². The van der Waals surface area contributed by atoms with Gasteiger partial charge in [-0.3, -0.25) is 0 Å². The van der Waals surface area contributed by atoms with Gasteiger partial charge in [0.2, 0.25) is 0 Å². The molecule has 0 aliphatic heterocycles. The first-order valence-corrected chi connectivity index (χ1v) is 16.6. The molecule has 6 aromatic rings. The van der Waals surface area contributed by atoms with E-state index in [1.165, 1.54) is 22.8 Å². The van der Waals surface area contributed by atoms with Crippen LogP contribution in [0.3, 0.4) is 0 Å². The van der Waals surface area contributed by atoms with Gasteiger partial charge in [-0.25, -0.2) is 4.79 Å². The maximum absolute atomic E-state index is 11.9. The molecule has 49 heavy (non-hydrogen) atoms. The third kappa shape index (κ3) is 8.02. The molecule has 0 aliphatic carbocycles. The average Bonchev–Trinajstić information content (AvgIpc) is 3.13. The van der Waals surface area contributed by atoms with Crippen LogP contribution in [0.25, 0.3) is 46.4 Å². The Hall–Kier alpha value is -5.81. The lowest BCUT2D eigenvalue weighted by atomic mass is 10.0. The van der Waals surface area contributed by atoms with Crippen molar-refractivity contribution in [1.82, 2.24) is 0 Å². The Balaban J connectivity index is 1.11. The van der Waals surface area contributed by atoms with Crippen molar-refractivity contribution in [3.05, 3.63) is 159 Å². The number of fused-ring (bicyclic) bond motifs is 1. The number of anilines is 1. The zero-order valence-electron chi connectivity index (χ0n) is 28.5. The van der Waals surface area contributed by atoms with Gasteiger partial charge in [0, 0.05) is 47.4 Å². The minimum Gasteiger partial charge on any atom is -0.496 e. The summed E-state index contributed by atoms with van der Waals surface area (Å²) in [5, 5.41) is 0.962. The summed E-state index contributed by atoms with van der Waals surface area (Å²) >= 11 is 0. The number of nitrogens with zero attached hydrogens (tertiary/aromatic N) is 1. The number of hydrogen-bond donors (Lipinski definition) is 0. The van der Waals surface area contributed by atoms with Gasteiger partial charge in [-0.1, -0.05) is 97.1 Å². The van der Waals surface area contributed by atoms with E-state index >= 15 is 0 Å². The van der Waals surface area contributed by atoms with Crippen LogP contribution in [-0.4, -0.2) is 27.3 Å². The van der Waals surface area contributed by atoms with Crippen LogP contribution in [0.15, 0.2) is 124 Å². The van der Waals surface area contributed by atoms with Gasteiger partial charge in [-0.15, -0.1) is 0 Å². The molecule has 0 saturated heterocycles. The molecule has 0 unspecified atom stereocenters. The van der Waals surface area contributed by atoms with E-state index in [1.807, 2.05) is 49.4 Å². The molecular weight excluding hydrogens is 606 g/mol. The summed E-state index contributed by atoms with van der Waals surface area (Å²) in [5.41, 5.74) is 10.2. The minimum atomic E-state index is -0.319. The lowest BCUT2D eigenvalue weighted by Gasteiger charge is -2.23. The predicted molar refractivity (Wildman–Crippen MR) is 205 cm³/mol. The first-order chi connectivity index (χ1) is 23.9. The average molecular weight is 648 g/mol. The zero-order valence-corrected chi connectivity index (χ0v) is 28.5. The highest BCUT2D eigenvalue weighted by Gasteiger charge is 2.10. The van der Waals surface area contributed by atoms with Crippen molar-refractivity contribution in [2.75, 3.05) is 32.2 Å². The van der Waals surface area contributed by atoms with Crippen LogP contribution in [0.2, 0.25) is 0 Å². The van der Waals surface area contributed by atoms with Crippen LogP contribution in [0.1, 0.15) is 40.3 Å². The quantitative estimate of drug-likeness (QED) is 0.0977. The number of methoxy groups -OCH3 is 2. The van der Waals surface area contributed by atoms with Gasteiger partial charge in [0.05, 0.1) is 14.2 Å². The van der Waals surface area contributed by atoms with Gasteiger partial charge in [0.1, 0.15) is 17.1 Å². The number of ether oxygens (including phenoxy) is 2. The Morgan fingerprint density at radius 1 is 0.673 bits per heavy atom. The van der Waals surface area contributed by atoms with Crippen LogP contribution in [0.4, 0.5) is 5.69 Å². The first kappa shape index (κ1) is 33.1. The highest BCUT2D eigenvalue weighted by atomic mass is 16.5. The smallest absolute Gasteiger partial charge is 0.336 e. The van der Waals surface area contributed by atoms with Crippen LogP contribution in [-0.2, 0) is 6.42 Å². The monoisotopic (exact) mass is 647 g/mol. The van der Waals surface area contributed by atoms with Crippen molar-refractivity contribution >= 4 is 41.0 Å². The molecule has 0 amide bonds. The molecule has 1 heterocycles. The molecule has 0 N–H and O–H groups in total. The number of likely N-dealkylation sites (N-methyl/N-ethyl adjacent to an activating group) is 1. The maximum Gasteiger partial charge on any atom is 0.336 e. The molecule has 0 atom stereocenters. The largest absolute Gasteiger partial charge is 0.496 e. The van der Waals surface area contributed by atoms with Crippen LogP contribution in [0.5, 0.6) is 11.5 Å². The third-order valence-electron chi connectivity index (χ3n) is 8.85. The number of benzene rings is 5. The van der Waals surface area contributed by atoms with Gasteiger partial charge < -0.3 is 18.8 Å². The molecule has 0 fully saturated rings. The summed E-state index contributed by atoms with van der Waals surface area (Å²) in [5.74, 6) is 1.70. The molecule has 0 aliphatic rings. The molecule has 5 nitrogen and oxygen atoms in total. The Labute approximate surface area is 288 Å². The normalized spacial score (nSPS) is 11.4. The second-order valence-corrected chi connectivity index (χ2v) is 12.0. The fourth-order valence-corrected chi connectivity index (χ4v) is 6.06. The van der Waals surface area contributed by atoms with E-state index in [0.717, 1.165) is 69.9 Å². The molecule has 0 saturated carbocycles. The second-order valence-electron chi connectivity index (χ2n) is 12.0. The maximum atomic E-state index is 11.9. The van der Waals surface area contributed by atoms with E-state index in [0.29, 0.717) is 5.58 Å². The lowest BCUT2D eigenvalue weighted by molar-refractivity contribution is 0.413. The third-order valence-corrected chi connectivity index (χ3v) is 8.85. The van der Waals surface area contributed by atoms with Gasteiger partial charge in [-0.2, -0.15) is 0 Å². The van der Waals surface area contributed by atoms with Crippen LogP contribution >= 0.6 is 0 Å². The van der Waals surface area contributed by atoms with Gasteiger partial charge in [0.25, 0.3) is 0 Å². The van der Waals surface area contributed by atoms with E-state index in [9.17, 15) is 4.79 Å². The number of hydrogen-bond acceptors (Lipinski definition) is 5. The van der Waals surface area contributed by atoms with Gasteiger partial charge >= 0.3 is 5.63 Å². The van der Waals surface area contributed by atoms with Crippen molar-refractivity contribution in [3.63, 3.8) is 0 Å². The van der Waals surface area contributed by atoms with Crippen LogP contribution in [0, 0.1) is 6.92 Å². The predicted octanol–water partition coefficient (Wildman–Crippen LogP) is 10.2. The van der Waals surface area contributed by atoms with E-state index in [-0.39, 0.29) is 5.63 Å². The molecule has 246 valence electrons. The minimum absolute atomic E-state index is 0.319. The summed E-state index contributed by atoms with van der Waals surface area (Å²) in [6.45, 7) is 5.74. The summed E-state index contributed by atoms with van der Waals surface area (Å²) in [7, 11) is 3.40. The number of para-hydroxylation sites is 1. The summed E-state index contributed by atoms with van der Waals surface area (Å²) in [6, 6.07) is 39.2. The summed E-state index contributed by atoms with van der Waals surface area (Å²) in [6.07, 6.45) is 9.28. The fourth-order valence-electron chi connectivity index (χ4n) is 6.06. The summed E-state index contributed by atoms with van der Waals surface area (Å²) < 4.78 is 16.7. The Morgan fingerprint density at radius 2 is 1.31 bits per heavy atom. The van der Waals surface area contributed by atoms with Crippen molar-refractivity contribution in [2.24, 2.45) is 0 Å². The van der Waals surface area contributed by atoms with E-state index in [4.69, 9.17) is 13.9 Å². The number of aryl methyl sites for hydroxylation is 1.